The molecule has 106 valence electrons. The van der Waals surface area contributed by atoms with Gasteiger partial charge in [0.1, 0.15) is 4.90 Å². The zero-order valence-electron chi connectivity index (χ0n) is 10.9. The van der Waals surface area contributed by atoms with Gasteiger partial charge in [-0.15, -0.1) is 0 Å². The fraction of sp³-hybridized carbons (Fsp3) is 0.636. The number of aliphatic carboxylic acids is 1. The molecule has 1 aliphatic heterocycles. The van der Waals surface area contributed by atoms with Gasteiger partial charge in [-0.05, 0) is 19.8 Å². The summed E-state index contributed by atoms with van der Waals surface area (Å²) in [5.74, 6) is -1.57. The summed E-state index contributed by atoms with van der Waals surface area (Å²) in [4.78, 5) is 11.2. The maximum atomic E-state index is 12.5. The SMILES string of the molecule is Cc1c(S(=O)(=O)N2CCC[C@@H](C(=O)O)C2)cnn1C. The molecule has 7 nitrogen and oxygen atoms in total. The van der Waals surface area contributed by atoms with E-state index in [1.54, 1.807) is 14.0 Å². The summed E-state index contributed by atoms with van der Waals surface area (Å²) in [5.41, 5.74) is 0.553. The van der Waals surface area contributed by atoms with Crippen LogP contribution in [0.15, 0.2) is 11.1 Å². The van der Waals surface area contributed by atoms with Crippen LogP contribution in [0.25, 0.3) is 0 Å². The van der Waals surface area contributed by atoms with Gasteiger partial charge in [-0.25, -0.2) is 8.42 Å². The Morgan fingerprint density at radius 2 is 2.21 bits per heavy atom. The van der Waals surface area contributed by atoms with Crippen LogP contribution < -0.4 is 0 Å². The summed E-state index contributed by atoms with van der Waals surface area (Å²) >= 11 is 0. The van der Waals surface area contributed by atoms with Gasteiger partial charge in [0.05, 0.1) is 17.8 Å². The molecule has 1 aromatic heterocycles. The third kappa shape index (κ3) is 2.50. The Hall–Kier alpha value is -1.41. The van der Waals surface area contributed by atoms with E-state index in [4.69, 9.17) is 5.11 Å². The van der Waals surface area contributed by atoms with Gasteiger partial charge in [-0.2, -0.15) is 9.40 Å². The molecule has 1 fully saturated rings. The minimum Gasteiger partial charge on any atom is -0.481 e. The van der Waals surface area contributed by atoms with E-state index in [1.807, 2.05) is 0 Å². The van der Waals surface area contributed by atoms with Crippen LogP contribution >= 0.6 is 0 Å². The summed E-state index contributed by atoms with van der Waals surface area (Å²) in [6.07, 6.45) is 2.40. The number of carbonyl (C=O) groups is 1. The number of piperidine rings is 1. The second-order valence-electron chi connectivity index (χ2n) is 4.76. The zero-order chi connectivity index (χ0) is 14.2. The van der Waals surface area contributed by atoms with Gasteiger partial charge < -0.3 is 5.11 Å². The minimum absolute atomic E-state index is 0.0337. The van der Waals surface area contributed by atoms with Crippen LogP contribution in [0.2, 0.25) is 0 Å². The van der Waals surface area contributed by atoms with Crippen molar-refractivity contribution in [1.82, 2.24) is 14.1 Å². The first-order valence-corrected chi connectivity index (χ1v) is 7.49. The number of sulfonamides is 1. The highest BCUT2D eigenvalue weighted by Gasteiger charge is 2.34. The first-order chi connectivity index (χ1) is 8.84. The van der Waals surface area contributed by atoms with Gasteiger partial charge >= 0.3 is 5.97 Å². The van der Waals surface area contributed by atoms with Gasteiger partial charge in [0, 0.05) is 20.1 Å². The van der Waals surface area contributed by atoms with Crippen LogP contribution in [0.1, 0.15) is 18.5 Å². The number of carboxylic acid groups (broad SMARTS) is 1. The van der Waals surface area contributed by atoms with E-state index in [-0.39, 0.29) is 11.4 Å². The molecule has 0 aliphatic carbocycles. The number of aromatic nitrogens is 2. The lowest BCUT2D eigenvalue weighted by Gasteiger charge is -2.29. The maximum Gasteiger partial charge on any atom is 0.307 e. The van der Waals surface area contributed by atoms with Crippen LogP contribution in [-0.2, 0) is 21.9 Å². The molecular weight excluding hydrogens is 270 g/mol. The molecule has 0 radical (unpaired) electrons. The number of carboxylic acids is 1. The summed E-state index contributed by atoms with van der Waals surface area (Å²) in [6.45, 7) is 2.07. The topological polar surface area (TPSA) is 92.5 Å². The van der Waals surface area contributed by atoms with Crippen molar-refractivity contribution in [3.05, 3.63) is 11.9 Å². The molecule has 1 aliphatic rings. The lowest BCUT2D eigenvalue weighted by Crippen LogP contribution is -2.42. The van der Waals surface area contributed by atoms with Gasteiger partial charge in [0.15, 0.2) is 0 Å². The average Bonchev–Trinajstić information content (AvgIpc) is 2.70. The number of aryl methyl sites for hydroxylation is 1. The molecule has 2 rings (SSSR count). The first kappa shape index (κ1) is 14.0. The Bertz CT molecular complexity index is 593. The van der Waals surface area contributed by atoms with E-state index in [1.165, 1.54) is 15.2 Å². The van der Waals surface area contributed by atoms with Crippen LogP contribution in [0.4, 0.5) is 0 Å². The number of hydrogen-bond acceptors (Lipinski definition) is 4. The fourth-order valence-corrected chi connectivity index (χ4v) is 3.94. The van der Waals surface area contributed by atoms with Gasteiger partial charge in [-0.3, -0.25) is 9.48 Å². The fourth-order valence-electron chi connectivity index (χ4n) is 2.23. The second kappa shape index (κ2) is 4.93. The first-order valence-electron chi connectivity index (χ1n) is 6.05. The Morgan fingerprint density at radius 1 is 1.53 bits per heavy atom. The molecule has 0 amide bonds. The summed E-state index contributed by atoms with van der Waals surface area (Å²) in [7, 11) is -1.98. The molecule has 8 heteroatoms. The zero-order valence-corrected chi connectivity index (χ0v) is 11.7. The van der Waals surface area contributed by atoms with Crippen molar-refractivity contribution in [3.8, 4) is 0 Å². The van der Waals surface area contributed by atoms with E-state index in [0.29, 0.717) is 25.1 Å². The number of nitrogens with zero attached hydrogens (tertiary/aromatic N) is 3. The predicted molar refractivity (Wildman–Crippen MR) is 67.1 cm³/mol. The van der Waals surface area contributed by atoms with Crippen molar-refractivity contribution in [2.24, 2.45) is 13.0 Å². The van der Waals surface area contributed by atoms with E-state index < -0.39 is 21.9 Å². The second-order valence-corrected chi connectivity index (χ2v) is 6.66. The van der Waals surface area contributed by atoms with Crippen molar-refractivity contribution in [2.45, 2.75) is 24.7 Å². The van der Waals surface area contributed by atoms with Gasteiger partial charge in [0.25, 0.3) is 0 Å². The van der Waals surface area contributed by atoms with Gasteiger partial charge in [0.2, 0.25) is 10.0 Å². The lowest BCUT2D eigenvalue weighted by atomic mass is 10.0. The summed E-state index contributed by atoms with van der Waals surface area (Å²) in [6, 6.07) is 0. The molecule has 19 heavy (non-hydrogen) atoms. The van der Waals surface area contributed by atoms with E-state index in [9.17, 15) is 13.2 Å². The van der Waals surface area contributed by atoms with Crippen LogP contribution in [0.5, 0.6) is 0 Å². The van der Waals surface area contributed by atoms with Crippen molar-refractivity contribution in [3.63, 3.8) is 0 Å². The quantitative estimate of drug-likeness (QED) is 0.858. The molecule has 2 heterocycles. The molecule has 0 saturated carbocycles. The Balaban J connectivity index is 2.30. The van der Waals surface area contributed by atoms with E-state index in [2.05, 4.69) is 5.10 Å². The molecule has 0 bridgehead atoms. The van der Waals surface area contributed by atoms with Crippen molar-refractivity contribution < 1.29 is 18.3 Å². The van der Waals surface area contributed by atoms with E-state index >= 15 is 0 Å². The molecular formula is C11H17N3O4S. The predicted octanol–water partition coefficient (Wildman–Crippen LogP) is 0.214. The third-order valence-corrected chi connectivity index (χ3v) is 5.51. The Labute approximate surface area is 111 Å². The van der Waals surface area contributed by atoms with Crippen molar-refractivity contribution in [1.29, 1.82) is 0 Å². The smallest absolute Gasteiger partial charge is 0.307 e. The highest BCUT2D eigenvalue weighted by Crippen LogP contribution is 2.25. The van der Waals surface area contributed by atoms with Crippen LogP contribution in [-0.4, -0.2) is 46.7 Å². The van der Waals surface area contributed by atoms with Crippen LogP contribution in [0.3, 0.4) is 0 Å². The Kier molecular flexibility index (Phi) is 3.64. The molecule has 0 unspecified atom stereocenters. The number of hydrogen-bond donors (Lipinski definition) is 1. The average molecular weight is 287 g/mol. The molecule has 1 atom stereocenters. The minimum atomic E-state index is -3.65. The maximum absolute atomic E-state index is 12.5. The van der Waals surface area contributed by atoms with E-state index in [0.717, 1.165) is 0 Å². The highest BCUT2D eigenvalue weighted by molar-refractivity contribution is 7.89. The van der Waals surface area contributed by atoms with Crippen LogP contribution in [0, 0.1) is 12.8 Å². The normalized spacial score (nSPS) is 21.5. The highest BCUT2D eigenvalue weighted by atomic mass is 32.2. The third-order valence-electron chi connectivity index (χ3n) is 3.54. The largest absolute Gasteiger partial charge is 0.481 e. The van der Waals surface area contributed by atoms with Crippen molar-refractivity contribution >= 4 is 16.0 Å². The van der Waals surface area contributed by atoms with Crippen molar-refractivity contribution in [2.75, 3.05) is 13.1 Å². The summed E-state index contributed by atoms with van der Waals surface area (Å²) < 4.78 is 27.7. The Morgan fingerprint density at radius 3 is 2.74 bits per heavy atom. The lowest BCUT2D eigenvalue weighted by molar-refractivity contribution is -0.142. The number of rotatable bonds is 3. The van der Waals surface area contributed by atoms with Gasteiger partial charge in [-0.1, -0.05) is 0 Å². The molecule has 1 aromatic rings. The monoisotopic (exact) mass is 287 g/mol. The molecule has 1 N–H and O–H groups in total. The standard InChI is InChI=1S/C11H17N3O4S/c1-8-10(6-12-13(8)2)19(17,18)14-5-3-4-9(7-14)11(15)16/h6,9H,3-5,7H2,1-2H3,(H,15,16)/t9-/m1/s1. The molecule has 0 spiro atoms. The molecule has 1 saturated heterocycles. The molecule has 0 aromatic carbocycles. The summed E-state index contributed by atoms with van der Waals surface area (Å²) in [5, 5.41) is 12.9.